The minimum absolute atomic E-state index is 0.162. The summed E-state index contributed by atoms with van der Waals surface area (Å²) in [6.45, 7) is 0. The number of methoxy groups -OCH3 is 1. The minimum atomic E-state index is -0.826. The lowest BCUT2D eigenvalue weighted by atomic mass is 9.85. The van der Waals surface area contributed by atoms with Crippen molar-refractivity contribution in [1.82, 2.24) is 0 Å². The van der Waals surface area contributed by atoms with Crippen molar-refractivity contribution < 1.29 is 14.1 Å². The molecule has 0 aromatic heterocycles. The van der Waals surface area contributed by atoms with Gasteiger partial charge in [-0.2, -0.15) is 0 Å². The molecular formula is C18H20O3S. The lowest BCUT2D eigenvalue weighted by Gasteiger charge is -2.36. The number of fused-ring (bicyclic) bond motifs is 3. The molecule has 0 aliphatic carbocycles. The summed E-state index contributed by atoms with van der Waals surface area (Å²) < 4.78 is 17.4. The first-order valence-electron chi connectivity index (χ1n) is 7.79. The van der Waals surface area contributed by atoms with Crippen LogP contribution in [0.2, 0.25) is 0 Å². The fourth-order valence-corrected chi connectivity index (χ4v) is 6.12. The van der Waals surface area contributed by atoms with E-state index in [1.54, 1.807) is 7.11 Å². The first-order valence-corrected chi connectivity index (χ1v) is 9.07. The van der Waals surface area contributed by atoms with E-state index >= 15 is 0 Å². The zero-order valence-electron chi connectivity index (χ0n) is 12.6. The summed E-state index contributed by atoms with van der Waals surface area (Å²) in [6.07, 6.45) is 3.23. The topological polar surface area (TPSA) is 46.5 Å². The molecule has 0 radical (unpaired) electrons. The highest BCUT2D eigenvalue weighted by atomic mass is 32.2. The molecule has 2 unspecified atom stereocenters. The van der Waals surface area contributed by atoms with Crippen LogP contribution in [0.1, 0.15) is 31.2 Å². The Balaban J connectivity index is 1.73. The third-order valence-corrected chi connectivity index (χ3v) is 7.30. The summed E-state index contributed by atoms with van der Waals surface area (Å²) >= 11 is 0. The van der Waals surface area contributed by atoms with Crippen LogP contribution < -0.4 is 4.74 Å². The minimum Gasteiger partial charge on any atom is -0.497 e. The third-order valence-electron chi connectivity index (χ3n) is 5.18. The van der Waals surface area contributed by atoms with Gasteiger partial charge in [0.15, 0.2) is 0 Å². The summed E-state index contributed by atoms with van der Waals surface area (Å²) in [5.41, 5.74) is 0.132. The largest absolute Gasteiger partial charge is 0.497 e. The van der Waals surface area contributed by atoms with E-state index in [4.69, 9.17) is 4.74 Å². The smallest absolute Gasteiger partial charge is 0.119 e. The van der Waals surface area contributed by atoms with Crippen molar-refractivity contribution in [2.45, 2.75) is 41.8 Å². The predicted molar refractivity (Wildman–Crippen MR) is 88.6 cm³/mol. The molecule has 0 amide bonds. The summed E-state index contributed by atoms with van der Waals surface area (Å²) in [6, 6.07) is 12.1. The normalized spacial score (nSPS) is 34.0. The van der Waals surface area contributed by atoms with Crippen LogP contribution in [0.25, 0.3) is 10.8 Å². The fraction of sp³-hybridized carbons (Fsp3) is 0.444. The van der Waals surface area contributed by atoms with Crippen molar-refractivity contribution in [3.63, 3.8) is 0 Å². The molecule has 2 aliphatic heterocycles. The standard InChI is InChI=1S/C18H20O3S/c1-21-15-5-3-12-8-14(4-2-13(12)9-15)18(19)10-16-6-7-17(11-18)22(16)20/h2-5,8-9,16-17,19H,6-7,10-11H2,1H3. The zero-order chi connectivity index (χ0) is 15.3. The van der Waals surface area contributed by atoms with Crippen LogP contribution in [-0.2, 0) is 16.4 Å². The molecule has 1 N–H and O–H groups in total. The molecule has 2 aliphatic rings. The van der Waals surface area contributed by atoms with Gasteiger partial charge in [-0.05, 0) is 60.2 Å². The van der Waals surface area contributed by atoms with E-state index in [-0.39, 0.29) is 10.5 Å². The molecule has 4 rings (SSSR count). The summed E-state index contributed by atoms with van der Waals surface area (Å²) in [7, 11) is 0.916. The third kappa shape index (κ3) is 2.17. The molecule has 2 saturated heterocycles. The molecule has 0 saturated carbocycles. The van der Waals surface area contributed by atoms with Crippen LogP contribution >= 0.6 is 0 Å². The number of aliphatic hydroxyl groups is 1. The van der Waals surface area contributed by atoms with Gasteiger partial charge in [0.25, 0.3) is 0 Å². The van der Waals surface area contributed by atoms with Crippen LogP contribution in [0, 0.1) is 0 Å². The Kier molecular flexibility index (Phi) is 3.27. The van der Waals surface area contributed by atoms with Gasteiger partial charge in [0.1, 0.15) is 5.75 Å². The number of hydrogen-bond acceptors (Lipinski definition) is 3. The molecule has 22 heavy (non-hydrogen) atoms. The second-order valence-electron chi connectivity index (χ2n) is 6.52. The Morgan fingerprint density at radius 2 is 1.73 bits per heavy atom. The maximum absolute atomic E-state index is 12.2. The quantitative estimate of drug-likeness (QED) is 0.926. The van der Waals surface area contributed by atoms with Gasteiger partial charge in [-0.25, -0.2) is 0 Å². The maximum Gasteiger partial charge on any atom is 0.119 e. The van der Waals surface area contributed by atoms with Crippen LogP contribution in [0.15, 0.2) is 36.4 Å². The van der Waals surface area contributed by atoms with Gasteiger partial charge in [0.2, 0.25) is 0 Å². The molecule has 2 aromatic rings. The highest BCUT2D eigenvalue weighted by Gasteiger charge is 2.48. The van der Waals surface area contributed by atoms with Gasteiger partial charge in [-0.1, -0.05) is 18.2 Å². The molecule has 3 nitrogen and oxygen atoms in total. The first-order chi connectivity index (χ1) is 10.6. The van der Waals surface area contributed by atoms with E-state index < -0.39 is 16.4 Å². The highest BCUT2D eigenvalue weighted by Crippen LogP contribution is 2.46. The average molecular weight is 316 g/mol. The molecule has 116 valence electrons. The molecule has 2 heterocycles. The molecule has 2 atom stereocenters. The van der Waals surface area contributed by atoms with E-state index in [9.17, 15) is 9.32 Å². The van der Waals surface area contributed by atoms with Gasteiger partial charge in [0, 0.05) is 21.3 Å². The monoisotopic (exact) mass is 316 g/mol. The summed E-state index contributed by atoms with van der Waals surface area (Å²) in [5, 5.41) is 13.7. The SMILES string of the molecule is COc1ccc2cc(C3(O)CC4CCC(C3)S4=O)ccc2c1. The van der Waals surface area contributed by atoms with Gasteiger partial charge in [0.05, 0.1) is 12.7 Å². The Morgan fingerprint density at radius 1 is 1.09 bits per heavy atom. The molecule has 4 heteroatoms. The maximum atomic E-state index is 12.2. The second-order valence-corrected chi connectivity index (χ2v) is 8.51. The first kappa shape index (κ1) is 14.2. The van der Waals surface area contributed by atoms with Crippen LogP contribution in [0.5, 0.6) is 5.75 Å². The molecule has 2 fully saturated rings. The van der Waals surface area contributed by atoms with Crippen LogP contribution in [0.3, 0.4) is 0 Å². The van der Waals surface area contributed by atoms with Crippen molar-refractivity contribution in [3.8, 4) is 5.75 Å². The van der Waals surface area contributed by atoms with Crippen molar-refractivity contribution in [2.24, 2.45) is 0 Å². The highest BCUT2D eigenvalue weighted by molar-refractivity contribution is 7.86. The average Bonchev–Trinajstić information content (AvgIpc) is 2.75. The number of rotatable bonds is 2. The van der Waals surface area contributed by atoms with Crippen LogP contribution in [-0.4, -0.2) is 26.9 Å². The number of hydrogen-bond donors (Lipinski definition) is 1. The van der Waals surface area contributed by atoms with Gasteiger partial charge >= 0.3 is 0 Å². The van der Waals surface area contributed by atoms with Gasteiger partial charge in [-0.3, -0.25) is 4.21 Å². The fourth-order valence-electron chi connectivity index (χ4n) is 3.96. The van der Waals surface area contributed by atoms with Crippen molar-refractivity contribution in [1.29, 1.82) is 0 Å². The molecule has 2 bridgehead atoms. The Hall–Kier alpha value is -1.39. The van der Waals surface area contributed by atoms with Crippen molar-refractivity contribution in [2.75, 3.05) is 7.11 Å². The molecule has 2 aromatic carbocycles. The van der Waals surface area contributed by atoms with E-state index in [2.05, 4.69) is 6.07 Å². The van der Waals surface area contributed by atoms with Gasteiger partial charge < -0.3 is 9.84 Å². The number of benzene rings is 2. The second kappa shape index (κ2) is 5.07. The lowest BCUT2D eigenvalue weighted by molar-refractivity contribution is 0.0186. The Bertz CT molecular complexity index is 739. The van der Waals surface area contributed by atoms with Crippen LogP contribution in [0.4, 0.5) is 0 Å². The Labute approximate surface area is 132 Å². The van der Waals surface area contributed by atoms with E-state index in [0.29, 0.717) is 12.8 Å². The zero-order valence-corrected chi connectivity index (χ0v) is 13.4. The number of ether oxygens (including phenoxy) is 1. The summed E-state index contributed by atoms with van der Waals surface area (Å²) in [5.74, 6) is 0.838. The van der Waals surface area contributed by atoms with Crippen molar-refractivity contribution >= 4 is 21.6 Å². The van der Waals surface area contributed by atoms with E-state index in [1.807, 2.05) is 30.3 Å². The Morgan fingerprint density at radius 3 is 2.41 bits per heavy atom. The summed E-state index contributed by atoms with van der Waals surface area (Å²) in [4.78, 5) is 0. The van der Waals surface area contributed by atoms with E-state index in [0.717, 1.165) is 34.9 Å². The van der Waals surface area contributed by atoms with E-state index in [1.165, 1.54) is 0 Å². The molecule has 0 spiro atoms. The lowest BCUT2D eigenvalue weighted by Crippen LogP contribution is -2.40. The van der Waals surface area contributed by atoms with Gasteiger partial charge in [-0.15, -0.1) is 0 Å². The van der Waals surface area contributed by atoms with Crippen molar-refractivity contribution in [3.05, 3.63) is 42.0 Å². The predicted octanol–water partition coefficient (Wildman–Crippen LogP) is 3.11. The molecular weight excluding hydrogens is 296 g/mol.